The summed E-state index contributed by atoms with van der Waals surface area (Å²) in [4.78, 5) is 4.76. The van der Waals surface area contributed by atoms with Crippen molar-refractivity contribution in [2.45, 2.75) is 51.1 Å². The van der Waals surface area contributed by atoms with Gasteiger partial charge in [0, 0.05) is 23.0 Å². The van der Waals surface area contributed by atoms with Crippen molar-refractivity contribution in [1.82, 2.24) is 9.55 Å². The number of halogens is 1. The van der Waals surface area contributed by atoms with Gasteiger partial charge in [-0.2, -0.15) is 0 Å². The third kappa shape index (κ3) is 2.77. The topological polar surface area (TPSA) is 43.8 Å². The van der Waals surface area contributed by atoms with E-state index in [2.05, 4.69) is 24.5 Å². The Bertz CT molecular complexity index is 606. The monoisotopic (exact) mass is 277 g/mol. The summed E-state index contributed by atoms with van der Waals surface area (Å²) in [6.45, 7) is 4.13. The lowest BCUT2D eigenvalue weighted by molar-refractivity contribution is 0.465. The number of fused-ring (bicyclic) bond motifs is 1. The van der Waals surface area contributed by atoms with Crippen molar-refractivity contribution in [2.24, 2.45) is 5.73 Å². The van der Waals surface area contributed by atoms with Gasteiger partial charge in [0.05, 0.1) is 11.0 Å². The molecule has 0 aliphatic heterocycles. The van der Waals surface area contributed by atoms with Gasteiger partial charge in [0.25, 0.3) is 0 Å². The first-order valence-corrected chi connectivity index (χ1v) is 7.27. The van der Waals surface area contributed by atoms with Crippen LogP contribution >= 0.6 is 11.6 Å². The highest BCUT2D eigenvalue weighted by Gasteiger charge is 2.28. The maximum atomic E-state index is 6.09. The first kappa shape index (κ1) is 12.9. The van der Waals surface area contributed by atoms with Gasteiger partial charge in [-0.25, -0.2) is 4.98 Å². The molecule has 3 nitrogen and oxygen atoms in total. The molecule has 0 unspecified atom stereocenters. The standard InChI is InChI=1S/C15H20ClN3/c1-15(2,17)8-7-14-18-12-9-10(16)3-6-13(12)19(14)11-4-5-11/h3,6,9,11H,4-5,7-8,17H2,1-2H3. The first-order valence-electron chi connectivity index (χ1n) is 6.89. The minimum Gasteiger partial charge on any atom is -0.326 e. The summed E-state index contributed by atoms with van der Waals surface area (Å²) in [5.41, 5.74) is 8.15. The third-order valence-corrected chi connectivity index (χ3v) is 3.86. The molecule has 1 fully saturated rings. The van der Waals surface area contributed by atoms with Crippen LogP contribution in [0.1, 0.15) is 45.0 Å². The highest BCUT2D eigenvalue weighted by atomic mass is 35.5. The normalized spacial score (nSPS) is 16.2. The summed E-state index contributed by atoms with van der Waals surface area (Å²) in [5.74, 6) is 1.15. The summed E-state index contributed by atoms with van der Waals surface area (Å²) < 4.78 is 2.39. The minimum atomic E-state index is -0.149. The summed E-state index contributed by atoms with van der Waals surface area (Å²) in [6, 6.07) is 6.61. The number of benzene rings is 1. The second-order valence-electron chi connectivity index (χ2n) is 6.25. The van der Waals surface area contributed by atoms with Crippen molar-refractivity contribution in [3.8, 4) is 0 Å². The molecule has 0 amide bonds. The van der Waals surface area contributed by atoms with Crippen molar-refractivity contribution in [1.29, 1.82) is 0 Å². The molecule has 102 valence electrons. The van der Waals surface area contributed by atoms with Gasteiger partial charge in [0.2, 0.25) is 0 Å². The van der Waals surface area contributed by atoms with Crippen LogP contribution < -0.4 is 5.73 Å². The van der Waals surface area contributed by atoms with E-state index in [9.17, 15) is 0 Å². The summed E-state index contributed by atoms with van der Waals surface area (Å²) in [7, 11) is 0. The lowest BCUT2D eigenvalue weighted by Gasteiger charge is -2.18. The summed E-state index contributed by atoms with van der Waals surface area (Å²) in [5, 5.41) is 0.749. The van der Waals surface area contributed by atoms with Crippen LogP contribution in [0.3, 0.4) is 0 Å². The predicted molar refractivity (Wildman–Crippen MR) is 79.6 cm³/mol. The molecule has 4 heteroatoms. The van der Waals surface area contributed by atoms with Gasteiger partial charge in [-0.1, -0.05) is 11.6 Å². The molecule has 3 rings (SSSR count). The predicted octanol–water partition coefficient (Wildman–Crippen LogP) is 3.69. The number of aromatic nitrogens is 2. The average Bonchev–Trinajstić information content (AvgIpc) is 3.07. The lowest BCUT2D eigenvalue weighted by atomic mass is 10.00. The molecule has 19 heavy (non-hydrogen) atoms. The number of imidazole rings is 1. The van der Waals surface area contributed by atoms with Crippen molar-refractivity contribution in [2.75, 3.05) is 0 Å². The lowest BCUT2D eigenvalue weighted by Crippen LogP contribution is -2.32. The van der Waals surface area contributed by atoms with Crippen LogP contribution in [-0.2, 0) is 6.42 Å². The van der Waals surface area contributed by atoms with Crippen LogP contribution in [0.4, 0.5) is 0 Å². The number of hydrogen-bond acceptors (Lipinski definition) is 2. The third-order valence-electron chi connectivity index (χ3n) is 3.63. The summed E-state index contributed by atoms with van der Waals surface area (Å²) in [6.07, 6.45) is 4.38. The Morgan fingerprint density at radius 1 is 1.42 bits per heavy atom. The smallest absolute Gasteiger partial charge is 0.110 e. The molecule has 1 heterocycles. The number of rotatable bonds is 4. The van der Waals surface area contributed by atoms with Crippen molar-refractivity contribution in [3.05, 3.63) is 29.0 Å². The van der Waals surface area contributed by atoms with E-state index in [1.54, 1.807) is 0 Å². The Kier molecular flexibility index (Phi) is 3.06. The van der Waals surface area contributed by atoms with E-state index in [1.165, 1.54) is 18.4 Å². The van der Waals surface area contributed by atoms with E-state index < -0.39 is 0 Å². The molecule has 0 radical (unpaired) electrons. The Hall–Kier alpha value is -1.06. The van der Waals surface area contributed by atoms with Gasteiger partial charge in [0.1, 0.15) is 5.82 Å². The van der Waals surface area contributed by atoms with Crippen LogP contribution in [0.5, 0.6) is 0 Å². The quantitative estimate of drug-likeness (QED) is 0.926. The Morgan fingerprint density at radius 2 is 2.16 bits per heavy atom. The molecule has 1 aromatic heterocycles. The van der Waals surface area contributed by atoms with Gasteiger partial charge < -0.3 is 10.3 Å². The van der Waals surface area contributed by atoms with E-state index in [0.717, 1.165) is 29.2 Å². The van der Waals surface area contributed by atoms with Gasteiger partial charge >= 0.3 is 0 Å². The van der Waals surface area contributed by atoms with Gasteiger partial charge in [0.15, 0.2) is 0 Å². The second-order valence-corrected chi connectivity index (χ2v) is 6.69. The molecule has 1 aliphatic rings. The van der Waals surface area contributed by atoms with Crippen LogP contribution in [0, 0.1) is 0 Å². The Labute approximate surface area is 118 Å². The zero-order chi connectivity index (χ0) is 13.6. The maximum absolute atomic E-state index is 6.09. The van der Waals surface area contributed by atoms with Gasteiger partial charge in [-0.3, -0.25) is 0 Å². The van der Waals surface area contributed by atoms with Crippen molar-refractivity contribution >= 4 is 22.6 Å². The number of nitrogens with zero attached hydrogens (tertiary/aromatic N) is 2. The fraction of sp³-hybridized carbons (Fsp3) is 0.533. The van der Waals surface area contributed by atoms with Gasteiger partial charge in [-0.05, 0) is 51.3 Å². The zero-order valence-corrected chi connectivity index (χ0v) is 12.2. The molecule has 0 bridgehead atoms. The Balaban J connectivity index is 2.00. The largest absolute Gasteiger partial charge is 0.326 e. The molecule has 0 atom stereocenters. The molecule has 1 aliphatic carbocycles. The van der Waals surface area contributed by atoms with Crippen LogP contribution in [0.25, 0.3) is 11.0 Å². The number of aryl methyl sites for hydroxylation is 1. The number of hydrogen-bond donors (Lipinski definition) is 1. The summed E-state index contributed by atoms with van der Waals surface area (Å²) >= 11 is 6.06. The SMILES string of the molecule is CC(C)(N)CCc1nc2cc(Cl)ccc2n1C1CC1. The van der Waals surface area contributed by atoms with Crippen LogP contribution in [-0.4, -0.2) is 15.1 Å². The Morgan fingerprint density at radius 3 is 2.79 bits per heavy atom. The zero-order valence-electron chi connectivity index (χ0n) is 11.5. The molecule has 1 aromatic carbocycles. The second kappa shape index (κ2) is 4.50. The average molecular weight is 278 g/mol. The van der Waals surface area contributed by atoms with Crippen molar-refractivity contribution in [3.63, 3.8) is 0 Å². The molecular formula is C15H20ClN3. The van der Waals surface area contributed by atoms with Crippen molar-refractivity contribution < 1.29 is 0 Å². The fourth-order valence-corrected chi connectivity index (χ4v) is 2.64. The maximum Gasteiger partial charge on any atom is 0.110 e. The molecule has 1 saturated carbocycles. The fourth-order valence-electron chi connectivity index (χ4n) is 2.47. The van der Waals surface area contributed by atoms with E-state index in [-0.39, 0.29) is 5.54 Å². The minimum absolute atomic E-state index is 0.149. The van der Waals surface area contributed by atoms with E-state index in [0.29, 0.717) is 6.04 Å². The van der Waals surface area contributed by atoms with E-state index in [4.69, 9.17) is 22.3 Å². The van der Waals surface area contributed by atoms with Crippen LogP contribution in [0.2, 0.25) is 5.02 Å². The molecule has 0 spiro atoms. The van der Waals surface area contributed by atoms with Gasteiger partial charge in [-0.15, -0.1) is 0 Å². The highest BCUT2D eigenvalue weighted by Crippen LogP contribution is 2.39. The molecular weight excluding hydrogens is 258 g/mol. The molecule has 0 saturated heterocycles. The highest BCUT2D eigenvalue weighted by molar-refractivity contribution is 6.31. The first-order chi connectivity index (χ1) is 8.94. The number of nitrogens with two attached hydrogens (primary N) is 1. The van der Waals surface area contributed by atoms with Crippen LogP contribution in [0.15, 0.2) is 18.2 Å². The molecule has 2 N–H and O–H groups in total. The van der Waals surface area contributed by atoms with E-state index in [1.807, 2.05) is 12.1 Å². The molecule has 2 aromatic rings. The van der Waals surface area contributed by atoms with E-state index >= 15 is 0 Å².